The summed E-state index contributed by atoms with van der Waals surface area (Å²) < 4.78 is 6.79. The molecule has 3 nitrogen and oxygen atoms in total. The maximum atomic E-state index is 9.17. The van der Waals surface area contributed by atoms with Crippen molar-refractivity contribution in [3.05, 3.63) is 32.9 Å². The first-order valence-corrected chi connectivity index (χ1v) is 6.29. The Morgan fingerprint density at radius 1 is 1.33 bits per heavy atom. The maximum Gasteiger partial charge on any atom is 0.128 e. The van der Waals surface area contributed by atoms with E-state index in [-0.39, 0.29) is 0 Å². The van der Waals surface area contributed by atoms with Gasteiger partial charge < -0.3 is 9.30 Å². The normalized spacial score (nSPS) is 10.8. The van der Waals surface area contributed by atoms with Gasteiger partial charge in [0.25, 0.3) is 0 Å². The van der Waals surface area contributed by atoms with Crippen molar-refractivity contribution in [2.45, 2.75) is 6.54 Å². The molecule has 0 saturated carbocycles. The van der Waals surface area contributed by atoms with Crippen LogP contribution >= 0.6 is 34.8 Å². The highest BCUT2D eigenvalue weighted by Crippen LogP contribution is 2.36. The van der Waals surface area contributed by atoms with Gasteiger partial charge in [-0.05, 0) is 12.1 Å². The zero-order valence-electron chi connectivity index (χ0n) is 9.51. The van der Waals surface area contributed by atoms with Gasteiger partial charge in [-0.25, -0.2) is 0 Å². The van der Waals surface area contributed by atoms with Crippen molar-refractivity contribution in [3.8, 4) is 6.07 Å². The van der Waals surface area contributed by atoms with Gasteiger partial charge in [-0.3, -0.25) is 0 Å². The molecule has 0 bridgehead atoms. The van der Waals surface area contributed by atoms with Gasteiger partial charge in [0.1, 0.15) is 11.2 Å². The Morgan fingerprint density at radius 3 is 2.67 bits per heavy atom. The summed E-state index contributed by atoms with van der Waals surface area (Å²) >= 11 is 18.3. The largest absolute Gasteiger partial charge is 0.383 e. The molecule has 0 unspecified atom stereocenters. The van der Waals surface area contributed by atoms with E-state index < -0.39 is 0 Å². The fourth-order valence-corrected chi connectivity index (χ4v) is 2.78. The van der Waals surface area contributed by atoms with Crippen molar-refractivity contribution < 1.29 is 4.74 Å². The third-order valence-electron chi connectivity index (χ3n) is 2.64. The maximum absolute atomic E-state index is 9.17. The Morgan fingerprint density at radius 2 is 2.06 bits per heavy atom. The molecule has 0 aliphatic heterocycles. The molecule has 1 aromatic heterocycles. The van der Waals surface area contributed by atoms with Crippen molar-refractivity contribution in [3.63, 3.8) is 0 Å². The summed E-state index contributed by atoms with van der Waals surface area (Å²) in [5.74, 6) is 0. The molecule has 0 N–H and O–H groups in total. The van der Waals surface area contributed by atoms with Crippen LogP contribution in [-0.4, -0.2) is 18.3 Å². The van der Waals surface area contributed by atoms with Crippen LogP contribution in [0, 0.1) is 11.3 Å². The van der Waals surface area contributed by atoms with Gasteiger partial charge in [-0.1, -0.05) is 34.8 Å². The molecule has 18 heavy (non-hydrogen) atoms. The minimum Gasteiger partial charge on any atom is -0.383 e. The first-order chi connectivity index (χ1) is 8.60. The van der Waals surface area contributed by atoms with Crippen LogP contribution in [-0.2, 0) is 11.3 Å². The van der Waals surface area contributed by atoms with Gasteiger partial charge in [0.15, 0.2) is 0 Å². The third kappa shape index (κ3) is 2.17. The van der Waals surface area contributed by atoms with Crippen LogP contribution in [0.4, 0.5) is 0 Å². The second-order valence-corrected chi connectivity index (χ2v) is 4.91. The SMILES string of the molecule is COCCn1c(Cl)c(C#N)c2cc(Cl)cc(Cl)c21. The number of benzene rings is 1. The second kappa shape index (κ2) is 5.38. The summed E-state index contributed by atoms with van der Waals surface area (Å²) in [7, 11) is 1.60. The van der Waals surface area contributed by atoms with E-state index >= 15 is 0 Å². The lowest BCUT2D eigenvalue weighted by Gasteiger charge is -2.07. The number of hydrogen-bond donors (Lipinski definition) is 0. The smallest absolute Gasteiger partial charge is 0.128 e. The first kappa shape index (κ1) is 13.5. The van der Waals surface area contributed by atoms with Crippen LogP contribution in [0.2, 0.25) is 15.2 Å². The van der Waals surface area contributed by atoms with Gasteiger partial charge in [-0.15, -0.1) is 0 Å². The molecule has 2 aromatic rings. The molecular formula is C12H9Cl3N2O. The number of fused-ring (bicyclic) bond motifs is 1. The van der Waals surface area contributed by atoms with Gasteiger partial charge >= 0.3 is 0 Å². The summed E-state index contributed by atoms with van der Waals surface area (Å²) in [6.45, 7) is 1.00. The summed E-state index contributed by atoms with van der Waals surface area (Å²) in [4.78, 5) is 0. The minimum atomic E-state index is 0.355. The average Bonchev–Trinajstić information content (AvgIpc) is 2.58. The fourth-order valence-electron chi connectivity index (χ4n) is 1.87. The zero-order valence-corrected chi connectivity index (χ0v) is 11.8. The summed E-state index contributed by atoms with van der Waals surface area (Å²) in [6, 6.07) is 5.40. The molecular weight excluding hydrogens is 295 g/mol. The van der Waals surface area contributed by atoms with Gasteiger partial charge in [-0.2, -0.15) is 5.26 Å². The van der Waals surface area contributed by atoms with Crippen LogP contribution in [0.15, 0.2) is 12.1 Å². The Bertz CT molecular complexity index is 643. The molecule has 0 aliphatic rings. The van der Waals surface area contributed by atoms with Crippen LogP contribution < -0.4 is 0 Å². The van der Waals surface area contributed by atoms with E-state index in [1.807, 2.05) is 0 Å². The van der Waals surface area contributed by atoms with Gasteiger partial charge in [0.05, 0.1) is 22.7 Å². The van der Waals surface area contributed by atoms with E-state index in [1.165, 1.54) is 0 Å². The van der Waals surface area contributed by atoms with E-state index in [9.17, 15) is 5.26 Å². The number of rotatable bonds is 3. The van der Waals surface area contributed by atoms with Crippen molar-refractivity contribution in [1.29, 1.82) is 5.26 Å². The number of halogens is 3. The molecule has 0 fully saturated rings. The molecule has 1 heterocycles. The highest BCUT2D eigenvalue weighted by molar-refractivity contribution is 6.40. The Kier molecular flexibility index (Phi) is 4.04. The predicted molar refractivity (Wildman–Crippen MR) is 73.6 cm³/mol. The van der Waals surface area contributed by atoms with Gasteiger partial charge in [0, 0.05) is 24.1 Å². The monoisotopic (exact) mass is 302 g/mol. The molecule has 0 amide bonds. The quantitative estimate of drug-likeness (QED) is 0.855. The van der Waals surface area contributed by atoms with Crippen LogP contribution in [0.5, 0.6) is 0 Å². The first-order valence-electron chi connectivity index (χ1n) is 5.16. The molecule has 6 heteroatoms. The highest BCUT2D eigenvalue weighted by Gasteiger charge is 2.18. The number of nitrogens with zero attached hydrogens (tertiary/aromatic N) is 2. The molecule has 2 rings (SSSR count). The van der Waals surface area contributed by atoms with Crippen LogP contribution in [0.1, 0.15) is 5.56 Å². The predicted octanol–water partition coefficient (Wildman–Crippen LogP) is 4.12. The minimum absolute atomic E-state index is 0.355. The van der Waals surface area contributed by atoms with Crippen LogP contribution in [0.25, 0.3) is 10.9 Å². The molecule has 0 saturated heterocycles. The standard InChI is InChI=1S/C12H9Cl3N2O/c1-18-3-2-17-11-8(9(6-16)12(17)15)4-7(13)5-10(11)14/h4-5H,2-3H2,1H3. The van der Waals surface area contributed by atoms with E-state index in [1.54, 1.807) is 23.8 Å². The van der Waals surface area contributed by atoms with E-state index in [0.29, 0.717) is 44.8 Å². The third-order valence-corrected chi connectivity index (χ3v) is 3.54. The lowest BCUT2D eigenvalue weighted by molar-refractivity contribution is 0.188. The number of ether oxygens (including phenoxy) is 1. The fraction of sp³-hybridized carbons (Fsp3) is 0.250. The Balaban J connectivity index is 2.77. The van der Waals surface area contributed by atoms with E-state index in [2.05, 4.69) is 6.07 Å². The molecule has 0 radical (unpaired) electrons. The lowest BCUT2D eigenvalue weighted by Crippen LogP contribution is -2.04. The summed E-state index contributed by atoms with van der Waals surface area (Å²) in [5, 5.41) is 11.1. The molecule has 94 valence electrons. The molecule has 0 aliphatic carbocycles. The molecule has 0 spiro atoms. The highest BCUT2D eigenvalue weighted by atomic mass is 35.5. The van der Waals surface area contributed by atoms with Crippen molar-refractivity contribution in [2.75, 3.05) is 13.7 Å². The van der Waals surface area contributed by atoms with Gasteiger partial charge in [0.2, 0.25) is 0 Å². The van der Waals surface area contributed by atoms with E-state index in [4.69, 9.17) is 39.5 Å². The van der Waals surface area contributed by atoms with E-state index in [0.717, 1.165) is 0 Å². The number of aromatic nitrogens is 1. The Hall–Kier alpha value is -0.920. The van der Waals surface area contributed by atoms with Crippen LogP contribution in [0.3, 0.4) is 0 Å². The zero-order chi connectivity index (χ0) is 13.3. The Labute approximate surface area is 119 Å². The second-order valence-electron chi connectivity index (χ2n) is 3.71. The lowest BCUT2D eigenvalue weighted by atomic mass is 10.2. The summed E-state index contributed by atoms with van der Waals surface area (Å²) in [6.07, 6.45) is 0. The average molecular weight is 304 g/mol. The summed E-state index contributed by atoms with van der Waals surface area (Å²) in [5.41, 5.74) is 1.09. The van der Waals surface area contributed by atoms with Crippen molar-refractivity contribution in [1.82, 2.24) is 4.57 Å². The van der Waals surface area contributed by atoms with Crippen molar-refractivity contribution in [2.24, 2.45) is 0 Å². The van der Waals surface area contributed by atoms with Crippen molar-refractivity contribution >= 4 is 45.7 Å². The number of nitriles is 1. The number of methoxy groups -OCH3 is 1. The number of hydrogen-bond acceptors (Lipinski definition) is 2. The topological polar surface area (TPSA) is 38.0 Å². The molecule has 0 atom stereocenters. The molecule has 1 aromatic carbocycles.